The van der Waals surface area contributed by atoms with Crippen molar-refractivity contribution in [2.24, 2.45) is 5.10 Å². The molecule has 80 valence electrons. The molecule has 0 amide bonds. The predicted molar refractivity (Wildman–Crippen MR) is 58.7 cm³/mol. The number of hydrazone groups is 1. The van der Waals surface area contributed by atoms with E-state index in [-0.39, 0.29) is 0 Å². The van der Waals surface area contributed by atoms with E-state index in [0.29, 0.717) is 10.7 Å². The summed E-state index contributed by atoms with van der Waals surface area (Å²) in [6.07, 6.45) is 1.34. The summed E-state index contributed by atoms with van der Waals surface area (Å²) in [5.41, 5.74) is 2.93. The van der Waals surface area contributed by atoms with Gasteiger partial charge in [-0.05, 0) is 29.9 Å². The summed E-state index contributed by atoms with van der Waals surface area (Å²) in [6.45, 7) is 0. The third-order valence-electron chi connectivity index (χ3n) is 1.55. The van der Waals surface area contributed by atoms with Crippen molar-refractivity contribution in [3.8, 4) is 0 Å². The Morgan fingerprint density at radius 1 is 1.40 bits per heavy atom. The topological polar surface area (TPSA) is 36.4 Å². The van der Waals surface area contributed by atoms with Gasteiger partial charge in [0.1, 0.15) is 0 Å². The van der Waals surface area contributed by atoms with Gasteiger partial charge >= 0.3 is 0 Å². The molecule has 6 heteroatoms. The summed E-state index contributed by atoms with van der Waals surface area (Å²) in [5.74, 6) is -1.79. The maximum Gasteiger partial charge on any atom is 0.186 e. The number of nitrogens with one attached hydrogen (secondary N) is 2. The highest BCUT2D eigenvalue weighted by Crippen LogP contribution is 2.06. The lowest BCUT2D eigenvalue weighted by atomic mass is 10.2. The van der Waals surface area contributed by atoms with E-state index >= 15 is 0 Å². The summed E-state index contributed by atoms with van der Waals surface area (Å²) in [4.78, 5) is 0. The summed E-state index contributed by atoms with van der Waals surface area (Å²) in [5, 5.41) is 6.70. The second-order valence-electron chi connectivity index (χ2n) is 2.62. The molecule has 0 aliphatic carbocycles. The molecule has 0 bridgehead atoms. The van der Waals surface area contributed by atoms with Crippen molar-refractivity contribution in [3.63, 3.8) is 0 Å². The zero-order valence-electron chi connectivity index (χ0n) is 7.92. The van der Waals surface area contributed by atoms with E-state index in [1.54, 1.807) is 7.05 Å². The number of rotatable bonds is 2. The lowest BCUT2D eigenvalue weighted by Crippen LogP contribution is -2.28. The van der Waals surface area contributed by atoms with E-state index in [1.807, 2.05) is 0 Å². The van der Waals surface area contributed by atoms with Gasteiger partial charge in [-0.25, -0.2) is 8.78 Å². The van der Waals surface area contributed by atoms with Crippen molar-refractivity contribution >= 4 is 23.5 Å². The van der Waals surface area contributed by atoms with E-state index in [4.69, 9.17) is 12.2 Å². The summed E-state index contributed by atoms with van der Waals surface area (Å²) in [7, 11) is 1.64. The minimum atomic E-state index is -0.907. The van der Waals surface area contributed by atoms with Crippen LogP contribution in [0, 0.1) is 11.6 Å². The van der Waals surface area contributed by atoms with Crippen molar-refractivity contribution in [3.05, 3.63) is 35.4 Å². The fraction of sp³-hybridized carbons (Fsp3) is 0.111. The van der Waals surface area contributed by atoms with Crippen LogP contribution in [0.2, 0.25) is 0 Å². The first-order valence-corrected chi connectivity index (χ1v) is 4.50. The van der Waals surface area contributed by atoms with Crippen LogP contribution in [-0.2, 0) is 0 Å². The molecule has 2 N–H and O–H groups in total. The van der Waals surface area contributed by atoms with E-state index in [1.165, 1.54) is 12.3 Å². The number of thiocarbonyl (C=S) groups is 1. The van der Waals surface area contributed by atoms with Gasteiger partial charge in [-0.1, -0.05) is 6.07 Å². The fourth-order valence-electron chi connectivity index (χ4n) is 0.814. The molecule has 0 fully saturated rings. The minimum absolute atomic E-state index is 0.342. The van der Waals surface area contributed by atoms with Gasteiger partial charge in [-0.2, -0.15) is 5.10 Å². The van der Waals surface area contributed by atoms with Crippen LogP contribution in [-0.4, -0.2) is 18.4 Å². The summed E-state index contributed by atoms with van der Waals surface area (Å²) in [6, 6.07) is 3.49. The first-order valence-electron chi connectivity index (χ1n) is 4.09. The second-order valence-corrected chi connectivity index (χ2v) is 3.03. The van der Waals surface area contributed by atoms with Gasteiger partial charge in [0.25, 0.3) is 0 Å². The SMILES string of the molecule is CNC(=S)N/N=C/c1ccc(F)c(F)c1. The fourth-order valence-corrected chi connectivity index (χ4v) is 0.867. The smallest absolute Gasteiger partial charge is 0.186 e. The molecule has 1 aromatic carbocycles. The van der Waals surface area contributed by atoms with E-state index in [9.17, 15) is 8.78 Å². The van der Waals surface area contributed by atoms with Crippen LogP contribution in [0.1, 0.15) is 5.56 Å². The molecule has 0 heterocycles. The maximum absolute atomic E-state index is 12.7. The average Bonchev–Trinajstić information content (AvgIpc) is 2.23. The molecule has 0 aliphatic rings. The van der Waals surface area contributed by atoms with Crippen LogP contribution < -0.4 is 10.7 Å². The number of nitrogens with zero attached hydrogens (tertiary/aromatic N) is 1. The van der Waals surface area contributed by atoms with Gasteiger partial charge in [0.15, 0.2) is 16.7 Å². The average molecular weight is 229 g/mol. The van der Waals surface area contributed by atoms with Crippen LogP contribution in [0.3, 0.4) is 0 Å². The van der Waals surface area contributed by atoms with Crippen molar-refractivity contribution < 1.29 is 8.78 Å². The Hall–Kier alpha value is -1.56. The Morgan fingerprint density at radius 2 is 2.13 bits per heavy atom. The van der Waals surface area contributed by atoms with Gasteiger partial charge in [0, 0.05) is 7.05 Å². The largest absolute Gasteiger partial charge is 0.364 e. The molecule has 0 saturated carbocycles. The molecule has 0 saturated heterocycles. The highest BCUT2D eigenvalue weighted by atomic mass is 32.1. The first-order chi connectivity index (χ1) is 7.13. The van der Waals surface area contributed by atoms with Crippen LogP contribution in [0.5, 0.6) is 0 Å². The van der Waals surface area contributed by atoms with Gasteiger partial charge in [0.2, 0.25) is 0 Å². The van der Waals surface area contributed by atoms with Crippen LogP contribution in [0.15, 0.2) is 23.3 Å². The molecule has 0 spiro atoms. The molecule has 0 aliphatic heterocycles. The molecule has 0 unspecified atom stereocenters. The Bertz CT molecular complexity index is 393. The Morgan fingerprint density at radius 3 is 2.73 bits per heavy atom. The zero-order chi connectivity index (χ0) is 11.3. The maximum atomic E-state index is 12.7. The second kappa shape index (κ2) is 5.35. The van der Waals surface area contributed by atoms with Gasteiger partial charge in [-0.3, -0.25) is 5.43 Å². The lowest BCUT2D eigenvalue weighted by Gasteiger charge is -1.99. The van der Waals surface area contributed by atoms with Crippen molar-refractivity contribution in [1.29, 1.82) is 0 Å². The molecule has 3 nitrogen and oxygen atoms in total. The third-order valence-corrected chi connectivity index (χ3v) is 1.85. The monoisotopic (exact) mass is 229 g/mol. The Labute approximate surface area is 91.2 Å². The third kappa shape index (κ3) is 3.59. The number of benzene rings is 1. The van der Waals surface area contributed by atoms with Crippen LogP contribution in [0.4, 0.5) is 8.78 Å². The molecule has 0 radical (unpaired) electrons. The zero-order valence-corrected chi connectivity index (χ0v) is 8.74. The molecule has 1 rings (SSSR count). The van der Waals surface area contributed by atoms with Crippen molar-refractivity contribution in [2.75, 3.05) is 7.05 Å². The quantitative estimate of drug-likeness (QED) is 0.457. The highest BCUT2D eigenvalue weighted by Gasteiger charge is 2.00. The van der Waals surface area contributed by atoms with Gasteiger partial charge in [-0.15, -0.1) is 0 Å². The molecular weight excluding hydrogens is 220 g/mol. The molecule has 0 atom stereocenters. The minimum Gasteiger partial charge on any atom is -0.364 e. The molecular formula is C9H9F2N3S. The molecule has 15 heavy (non-hydrogen) atoms. The van der Waals surface area contributed by atoms with E-state index in [2.05, 4.69) is 15.8 Å². The number of hydrogen-bond acceptors (Lipinski definition) is 2. The highest BCUT2D eigenvalue weighted by molar-refractivity contribution is 7.80. The number of hydrogen-bond donors (Lipinski definition) is 2. The van der Waals surface area contributed by atoms with Crippen molar-refractivity contribution in [2.45, 2.75) is 0 Å². The molecule has 1 aromatic rings. The van der Waals surface area contributed by atoms with E-state index < -0.39 is 11.6 Å². The van der Waals surface area contributed by atoms with Gasteiger partial charge < -0.3 is 5.32 Å². The normalized spacial score (nSPS) is 10.3. The number of halogens is 2. The molecule has 0 aromatic heterocycles. The Kier molecular flexibility index (Phi) is 4.11. The Balaban J connectivity index is 2.65. The first kappa shape index (κ1) is 11.5. The van der Waals surface area contributed by atoms with Gasteiger partial charge in [0.05, 0.1) is 6.21 Å². The lowest BCUT2D eigenvalue weighted by molar-refractivity contribution is 0.508. The van der Waals surface area contributed by atoms with Crippen LogP contribution in [0.25, 0.3) is 0 Å². The standard InChI is InChI=1S/C9H9F2N3S/c1-12-9(15)14-13-5-6-2-3-7(10)8(11)4-6/h2-5H,1H3,(H2,12,14,15)/b13-5+. The summed E-state index contributed by atoms with van der Waals surface area (Å²) < 4.78 is 25.3. The van der Waals surface area contributed by atoms with Crippen LogP contribution >= 0.6 is 12.2 Å². The van der Waals surface area contributed by atoms with E-state index in [0.717, 1.165) is 12.1 Å². The summed E-state index contributed by atoms with van der Waals surface area (Å²) >= 11 is 4.75. The van der Waals surface area contributed by atoms with Crippen molar-refractivity contribution in [1.82, 2.24) is 10.7 Å². The predicted octanol–water partition coefficient (Wildman–Crippen LogP) is 1.39.